The highest BCUT2D eigenvalue weighted by atomic mass is 35.5. The van der Waals surface area contributed by atoms with Gasteiger partial charge in [0, 0.05) is 12.1 Å². The Morgan fingerprint density at radius 2 is 1.82 bits per heavy atom. The first kappa shape index (κ1) is 29.8. The van der Waals surface area contributed by atoms with Crippen molar-refractivity contribution in [2.75, 3.05) is 13.2 Å². The number of hydrogen-bond donors (Lipinski definition) is 2. The Morgan fingerprint density at radius 3 is 2.46 bits per heavy atom. The third-order valence-electron chi connectivity index (χ3n) is 5.92. The Morgan fingerprint density at radius 1 is 1.10 bits per heavy atom. The molecule has 1 fully saturated rings. The van der Waals surface area contributed by atoms with Crippen molar-refractivity contribution in [3.05, 3.63) is 71.1 Å². The van der Waals surface area contributed by atoms with Crippen molar-refractivity contribution >= 4 is 24.4 Å². The van der Waals surface area contributed by atoms with E-state index in [9.17, 15) is 26.3 Å². The lowest BCUT2D eigenvalue weighted by molar-refractivity contribution is -0.139. The molecule has 14 heteroatoms. The lowest BCUT2D eigenvalue weighted by Gasteiger charge is -2.21. The molecule has 1 atom stereocenters. The Kier molecular flexibility index (Phi) is 9.15. The third kappa shape index (κ3) is 7.22. The summed E-state index contributed by atoms with van der Waals surface area (Å²) in [5.41, 5.74) is 4.39. The number of aromatic nitrogens is 2. The summed E-state index contributed by atoms with van der Waals surface area (Å²) in [5, 5.41) is 11.5. The predicted octanol–water partition coefficient (Wildman–Crippen LogP) is 6.71. The van der Waals surface area contributed by atoms with Gasteiger partial charge in [0.2, 0.25) is 11.7 Å². The largest absolute Gasteiger partial charge is 0.493 e. The number of benzene rings is 2. The van der Waals surface area contributed by atoms with E-state index in [0.717, 1.165) is 24.6 Å². The highest BCUT2D eigenvalue weighted by Gasteiger charge is 2.36. The molecule has 4 rings (SSSR count). The summed E-state index contributed by atoms with van der Waals surface area (Å²) in [6.07, 6.45) is -4.39. The molecular weight excluding hydrogens is 552 g/mol. The van der Waals surface area contributed by atoms with Crippen LogP contribution in [0.3, 0.4) is 0 Å². The Labute approximate surface area is 225 Å². The molecule has 1 saturated heterocycles. The van der Waals surface area contributed by atoms with Crippen molar-refractivity contribution in [2.24, 2.45) is 5.73 Å². The molecule has 3 N–H and O–H groups in total. The molecule has 0 amide bonds. The second-order valence-corrected chi connectivity index (χ2v) is 8.56. The highest BCUT2D eigenvalue weighted by Crippen LogP contribution is 2.39. The molecule has 1 aliphatic rings. The number of nitrogens with zero attached hydrogens (tertiary/aromatic N) is 3. The second-order valence-electron chi connectivity index (χ2n) is 8.56. The average molecular weight is 576 g/mol. The summed E-state index contributed by atoms with van der Waals surface area (Å²) in [6.45, 7) is 0.454. The monoisotopic (exact) mass is 575 g/mol. The molecular formula is C25H24ClF6N5O2. The smallest absolute Gasteiger partial charge is 0.419 e. The lowest BCUT2D eigenvalue weighted by Crippen LogP contribution is -2.35. The zero-order valence-electron chi connectivity index (χ0n) is 20.2. The molecule has 2 heterocycles. The number of hydrogen-bond acceptors (Lipinski definition) is 5. The molecule has 7 nitrogen and oxygen atoms in total. The van der Waals surface area contributed by atoms with Crippen LogP contribution in [-0.4, -0.2) is 34.2 Å². The van der Waals surface area contributed by atoms with Gasteiger partial charge in [0.05, 0.1) is 17.7 Å². The number of ether oxygens (including phenoxy) is 1. The summed E-state index contributed by atoms with van der Waals surface area (Å²) < 4.78 is 89.8. The first-order valence-electron chi connectivity index (χ1n) is 11.6. The normalized spacial score (nSPS) is 15.9. The number of nitrogens with one attached hydrogen (secondary N) is 1. The van der Waals surface area contributed by atoms with Gasteiger partial charge in [-0.1, -0.05) is 29.4 Å². The number of nitrogens with two attached hydrogens (primary N) is 1. The van der Waals surface area contributed by atoms with Gasteiger partial charge in [-0.15, -0.1) is 12.4 Å². The topological polar surface area (TPSA) is 101 Å². The zero-order chi connectivity index (χ0) is 27.5. The highest BCUT2D eigenvalue weighted by molar-refractivity contribution is 5.85. The minimum Gasteiger partial charge on any atom is -0.493 e. The van der Waals surface area contributed by atoms with E-state index in [4.69, 9.17) is 20.4 Å². The molecule has 1 aromatic heterocycles. The fourth-order valence-electron chi connectivity index (χ4n) is 4.06. The average Bonchev–Trinajstić information content (AvgIpc) is 3.53. The van der Waals surface area contributed by atoms with E-state index in [1.807, 2.05) is 0 Å². The Bertz CT molecular complexity index is 1310. The number of likely N-dealkylation sites (tertiary alicyclic amines) is 1. The first-order chi connectivity index (χ1) is 17.9. The summed E-state index contributed by atoms with van der Waals surface area (Å²) in [5.74, 6) is -0.401. The van der Waals surface area contributed by atoms with Crippen molar-refractivity contribution in [3.63, 3.8) is 0 Å². The molecule has 210 valence electrons. The third-order valence-corrected chi connectivity index (χ3v) is 5.92. The summed E-state index contributed by atoms with van der Waals surface area (Å²) in [6, 6.07) is 7.52. The van der Waals surface area contributed by atoms with Crippen molar-refractivity contribution in [1.82, 2.24) is 15.0 Å². The van der Waals surface area contributed by atoms with Gasteiger partial charge in [0.1, 0.15) is 11.8 Å². The summed E-state index contributed by atoms with van der Waals surface area (Å²) >= 11 is 0. The van der Waals surface area contributed by atoms with Crippen LogP contribution in [0.2, 0.25) is 0 Å². The summed E-state index contributed by atoms with van der Waals surface area (Å²) in [4.78, 5) is 5.82. The first-order valence-corrected chi connectivity index (χ1v) is 11.6. The van der Waals surface area contributed by atoms with Crippen LogP contribution in [-0.2, 0) is 12.4 Å². The van der Waals surface area contributed by atoms with Gasteiger partial charge in [0.25, 0.3) is 0 Å². The molecule has 39 heavy (non-hydrogen) atoms. The quantitative estimate of drug-likeness (QED) is 0.141. The molecule has 0 saturated carbocycles. The van der Waals surface area contributed by atoms with Crippen molar-refractivity contribution in [2.45, 2.75) is 37.7 Å². The number of guanidine groups is 1. The molecule has 0 bridgehead atoms. The van der Waals surface area contributed by atoms with E-state index >= 15 is 0 Å². The van der Waals surface area contributed by atoms with Gasteiger partial charge in [-0.25, -0.2) is 0 Å². The second kappa shape index (κ2) is 12.0. The summed E-state index contributed by atoms with van der Waals surface area (Å²) in [7, 11) is 0. The van der Waals surface area contributed by atoms with E-state index in [1.54, 1.807) is 17.1 Å². The van der Waals surface area contributed by atoms with Crippen molar-refractivity contribution in [3.8, 4) is 17.1 Å². The van der Waals surface area contributed by atoms with E-state index in [1.165, 1.54) is 24.3 Å². The van der Waals surface area contributed by atoms with Crippen LogP contribution in [0.1, 0.15) is 47.9 Å². The van der Waals surface area contributed by atoms with Gasteiger partial charge in [-0.2, -0.15) is 31.3 Å². The number of rotatable bonds is 7. The minimum absolute atomic E-state index is 0. The Hall–Kier alpha value is -3.74. The van der Waals surface area contributed by atoms with Gasteiger partial charge < -0.3 is 19.9 Å². The van der Waals surface area contributed by atoms with Crippen LogP contribution in [0.25, 0.3) is 17.5 Å². The van der Waals surface area contributed by atoms with Crippen LogP contribution in [0.15, 0.2) is 53.1 Å². The molecule has 0 spiro atoms. The standard InChI is InChI=1S/C25H23F6N5O2.ClH/c26-24(27,28)17-9-6-15(7-10-17)4-1-2-13-37-20-11-8-16(14-18(20)25(29,30)31)21-34-22(38-35-21)19-5-3-12-36(19)23(32)33;/h1,4,6-11,14,19H,2-3,5,12-13H2,(H3,32,33);1H. The van der Waals surface area contributed by atoms with E-state index in [-0.39, 0.29) is 54.4 Å². The molecule has 3 aromatic rings. The maximum atomic E-state index is 13.8. The molecule has 1 unspecified atom stereocenters. The van der Waals surface area contributed by atoms with Crippen molar-refractivity contribution in [1.29, 1.82) is 5.41 Å². The lowest BCUT2D eigenvalue weighted by atomic mass is 10.1. The Balaban J connectivity index is 0.00000420. The minimum atomic E-state index is -4.72. The van der Waals surface area contributed by atoms with Crippen molar-refractivity contribution < 1.29 is 35.6 Å². The van der Waals surface area contributed by atoms with E-state index in [2.05, 4.69) is 10.1 Å². The van der Waals surface area contributed by atoms with Gasteiger partial charge in [-0.3, -0.25) is 5.41 Å². The van der Waals surface area contributed by atoms with Gasteiger partial charge >= 0.3 is 12.4 Å². The van der Waals surface area contributed by atoms with Gasteiger partial charge in [-0.05, 0) is 55.2 Å². The van der Waals surface area contributed by atoms with Crippen LogP contribution >= 0.6 is 12.4 Å². The van der Waals surface area contributed by atoms with E-state index < -0.39 is 29.5 Å². The zero-order valence-corrected chi connectivity index (χ0v) is 21.0. The van der Waals surface area contributed by atoms with Crippen LogP contribution < -0.4 is 10.5 Å². The SMILES string of the molecule is Cl.N=C(N)N1CCCC1c1nc(-c2ccc(OCCC=Cc3ccc(C(F)(F)F)cc3)c(C(F)(F)F)c2)no1. The predicted molar refractivity (Wildman–Crippen MR) is 133 cm³/mol. The maximum Gasteiger partial charge on any atom is 0.419 e. The van der Waals surface area contributed by atoms with Crippen LogP contribution in [0.5, 0.6) is 5.75 Å². The maximum absolute atomic E-state index is 13.8. The molecule has 0 aliphatic carbocycles. The number of alkyl halides is 6. The van der Waals surface area contributed by atoms with Crippen LogP contribution in [0.4, 0.5) is 26.3 Å². The van der Waals surface area contributed by atoms with Crippen LogP contribution in [0, 0.1) is 5.41 Å². The molecule has 2 aromatic carbocycles. The fraction of sp³-hybridized carbons (Fsp3) is 0.320. The van der Waals surface area contributed by atoms with E-state index in [0.29, 0.717) is 18.5 Å². The molecule has 1 aliphatic heterocycles. The number of halogens is 7. The molecule has 0 radical (unpaired) electrons. The fourth-order valence-corrected chi connectivity index (χ4v) is 4.06. The van der Waals surface area contributed by atoms with Gasteiger partial charge in [0.15, 0.2) is 5.96 Å².